The molecular formula is C18H27NO2. The second-order valence-corrected chi connectivity index (χ2v) is 5.89. The lowest BCUT2D eigenvalue weighted by Gasteiger charge is -2.14. The maximum absolute atomic E-state index is 5.75. The second kappa shape index (κ2) is 7.51. The second-order valence-electron chi connectivity index (χ2n) is 5.89. The highest BCUT2D eigenvalue weighted by atomic mass is 16.5. The number of hydrogen-bond donors (Lipinski definition) is 1. The smallest absolute Gasteiger partial charge is 0.161 e. The Kier molecular flexibility index (Phi) is 5.68. The summed E-state index contributed by atoms with van der Waals surface area (Å²) < 4.78 is 11.2. The van der Waals surface area contributed by atoms with E-state index in [4.69, 9.17) is 9.47 Å². The van der Waals surface area contributed by atoms with Gasteiger partial charge in [0.25, 0.3) is 0 Å². The summed E-state index contributed by atoms with van der Waals surface area (Å²) in [6, 6.07) is 6.88. The molecule has 1 aromatic carbocycles. The van der Waals surface area contributed by atoms with E-state index in [0.29, 0.717) is 0 Å². The molecule has 0 atom stereocenters. The van der Waals surface area contributed by atoms with Gasteiger partial charge in [-0.25, -0.2) is 0 Å². The van der Waals surface area contributed by atoms with E-state index in [0.717, 1.165) is 36.1 Å². The Balaban J connectivity index is 2.10. The summed E-state index contributed by atoms with van der Waals surface area (Å²) in [5.74, 6) is 1.60. The lowest BCUT2D eigenvalue weighted by molar-refractivity contribution is 0.230. The third-order valence-corrected chi connectivity index (χ3v) is 3.57. The van der Waals surface area contributed by atoms with Crippen LogP contribution >= 0.6 is 0 Å². The number of rotatable bonds is 8. The standard InChI is InChI=1S/C18H27NO2/c1-5-14(12-19-16-7-8-16)10-15-6-9-17(21-13(2)3)18(11-15)20-4/h6,9-11,13,16,19H,5,7-8,12H2,1-4H3. The number of benzene rings is 1. The summed E-state index contributed by atoms with van der Waals surface area (Å²) in [7, 11) is 1.69. The van der Waals surface area contributed by atoms with Crippen LogP contribution in [0.1, 0.15) is 45.6 Å². The van der Waals surface area contributed by atoms with Crippen molar-refractivity contribution in [1.82, 2.24) is 5.32 Å². The molecule has 1 aliphatic rings. The molecule has 1 N–H and O–H groups in total. The minimum Gasteiger partial charge on any atom is -0.493 e. The Labute approximate surface area is 128 Å². The quantitative estimate of drug-likeness (QED) is 0.784. The first-order chi connectivity index (χ1) is 10.1. The van der Waals surface area contributed by atoms with Gasteiger partial charge < -0.3 is 14.8 Å². The van der Waals surface area contributed by atoms with Gasteiger partial charge >= 0.3 is 0 Å². The van der Waals surface area contributed by atoms with E-state index in [1.165, 1.54) is 18.4 Å². The molecule has 0 aromatic heterocycles. The summed E-state index contributed by atoms with van der Waals surface area (Å²) in [4.78, 5) is 0. The molecule has 0 aliphatic heterocycles. The van der Waals surface area contributed by atoms with Crippen molar-refractivity contribution in [2.75, 3.05) is 13.7 Å². The predicted octanol–water partition coefficient (Wildman–Crippen LogP) is 4.03. The van der Waals surface area contributed by atoms with Crippen molar-refractivity contribution in [2.45, 2.75) is 52.2 Å². The molecule has 0 unspecified atom stereocenters. The highest BCUT2D eigenvalue weighted by molar-refractivity contribution is 5.58. The molecule has 0 heterocycles. The Morgan fingerprint density at radius 2 is 2.10 bits per heavy atom. The number of hydrogen-bond acceptors (Lipinski definition) is 3. The van der Waals surface area contributed by atoms with Gasteiger partial charge in [-0.3, -0.25) is 0 Å². The normalized spacial score (nSPS) is 15.4. The van der Waals surface area contributed by atoms with Gasteiger partial charge in [-0.15, -0.1) is 0 Å². The molecule has 0 radical (unpaired) electrons. The van der Waals surface area contributed by atoms with E-state index in [2.05, 4.69) is 24.4 Å². The lowest BCUT2D eigenvalue weighted by atomic mass is 10.1. The molecule has 21 heavy (non-hydrogen) atoms. The SMILES string of the molecule is CCC(=Cc1ccc(OC(C)C)c(OC)c1)CNC1CC1. The van der Waals surface area contributed by atoms with Crippen molar-refractivity contribution in [3.63, 3.8) is 0 Å². The highest BCUT2D eigenvalue weighted by Crippen LogP contribution is 2.30. The van der Waals surface area contributed by atoms with Crippen LogP contribution in [0.15, 0.2) is 23.8 Å². The van der Waals surface area contributed by atoms with Gasteiger partial charge in [0, 0.05) is 12.6 Å². The fourth-order valence-electron chi connectivity index (χ4n) is 2.20. The Morgan fingerprint density at radius 3 is 2.67 bits per heavy atom. The Morgan fingerprint density at radius 1 is 1.33 bits per heavy atom. The third kappa shape index (κ3) is 5.09. The van der Waals surface area contributed by atoms with E-state index in [1.807, 2.05) is 26.0 Å². The van der Waals surface area contributed by atoms with Crippen LogP contribution in [0, 0.1) is 0 Å². The molecule has 116 valence electrons. The van der Waals surface area contributed by atoms with E-state index in [-0.39, 0.29) is 6.10 Å². The molecule has 0 amide bonds. The van der Waals surface area contributed by atoms with E-state index < -0.39 is 0 Å². The summed E-state index contributed by atoms with van der Waals surface area (Å²) in [6.07, 6.45) is 6.11. The van der Waals surface area contributed by atoms with Crippen LogP contribution in [0.4, 0.5) is 0 Å². The maximum atomic E-state index is 5.75. The van der Waals surface area contributed by atoms with E-state index in [1.54, 1.807) is 7.11 Å². The van der Waals surface area contributed by atoms with Crippen LogP contribution in [0.5, 0.6) is 11.5 Å². The highest BCUT2D eigenvalue weighted by Gasteiger charge is 2.20. The zero-order valence-corrected chi connectivity index (χ0v) is 13.6. The Bertz CT molecular complexity index is 490. The first-order valence-corrected chi connectivity index (χ1v) is 7.90. The van der Waals surface area contributed by atoms with Gasteiger partial charge in [0.05, 0.1) is 13.2 Å². The number of methoxy groups -OCH3 is 1. The molecule has 0 bridgehead atoms. The van der Waals surface area contributed by atoms with Crippen molar-refractivity contribution in [3.8, 4) is 11.5 Å². The van der Waals surface area contributed by atoms with Crippen LogP contribution in [0.3, 0.4) is 0 Å². The third-order valence-electron chi connectivity index (χ3n) is 3.57. The fraction of sp³-hybridized carbons (Fsp3) is 0.556. The van der Waals surface area contributed by atoms with Gasteiger partial charge in [0.15, 0.2) is 11.5 Å². The molecule has 3 nitrogen and oxygen atoms in total. The van der Waals surface area contributed by atoms with Crippen molar-refractivity contribution in [1.29, 1.82) is 0 Å². The average molecular weight is 289 g/mol. The largest absolute Gasteiger partial charge is 0.493 e. The summed E-state index contributed by atoms with van der Waals surface area (Å²) in [5, 5.41) is 3.57. The molecule has 3 heteroatoms. The molecule has 1 fully saturated rings. The molecule has 1 aliphatic carbocycles. The maximum Gasteiger partial charge on any atom is 0.161 e. The topological polar surface area (TPSA) is 30.5 Å². The lowest BCUT2D eigenvalue weighted by Crippen LogP contribution is -2.18. The summed E-state index contributed by atoms with van der Waals surface area (Å²) in [6.45, 7) is 7.22. The average Bonchev–Trinajstić information content (AvgIpc) is 3.28. The molecular weight excluding hydrogens is 262 g/mol. The van der Waals surface area contributed by atoms with Crippen molar-refractivity contribution in [2.24, 2.45) is 0 Å². The Hall–Kier alpha value is -1.48. The van der Waals surface area contributed by atoms with Crippen molar-refractivity contribution in [3.05, 3.63) is 29.3 Å². The van der Waals surface area contributed by atoms with Gasteiger partial charge in [0.2, 0.25) is 0 Å². The van der Waals surface area contributed by atoms with Crippen LogP contribution in [0.25, 0.3) is 6.08 Å². The molecule has 1 aromatic rings. The molecule has 2 rings (SSSR count). The van der Waals surface area contributed by atoms with Gasteiger partial charge in [-0.2, -0.15) is 0 Å². The molecule has 1 saturated carbocycles. The molecule has 0 spiro atoms. The number of nitrogens with one attached hydrogen (secondary N) is 1. The predicted molar refractivity (Wildman–Crippen MR) is 88.1 cm³/mol. The number of ether oxygens (including phenoxy) is 2. The van der Waals surface area contributed by atoms with Crippen LogP contribution in [-0.2, 0) is 0 Å². The zero-order valence-electron chi connectivity index (χ0n) is 13.6. The zero-order chi connectivity index (χ0) is 15.2. The van der Waals surface area contributed by atoms with Crippen LogP contribution in [0.2, 0.25) is 0 Å². The fourth-order valence-corrected chi connectivity index (χ4v) is 2.20. The van der Waals surface area contributed by atoms with Crippen molar-refractivity contribution < 1.29 is 9.47 Å². The summed E-state index contributed by atoms with van der Waals surface area (Å²) >= 11 is 0. The first kappa shape index (κ1) is 15.9. The monoisotopic (exact) mass is 289 g/mol. The molecule has 0 saturated heterocycles. The van der Waals surface area contributed by atoms with Gasteiger partial charge in [-0.05, 0) is 50.8 Å². The first-order valence-electron chi connectivity index (χ1n) is 7.90. The van der Waals surface area contributed by atoms with Crippen LogP contribution in [-0.4, -0.2) is 25.8 Å². The summed E-state index contributed by atoms with van der Waals surface area (Å²) in [5.41, 5.74) is 2.58. The van der Waals surface area contributed by atoms with E-state index in [9.17, 15) is 0 Å². The van der Waals surface area contributed by atoms with Crippen LogP contribution < -0.4 is 14.8 Å². The minimum atomic E-state index is 0.147. The van der Waals surface area contributed by atoms with Gasteiger partial charge in [0.1, 0.15) is 0 Å². The van der Waals surface area contributed by atoms with E-state index >= 15 is 0 Å². The minimum absolute atomic E-state index is 0.147. The van der Waals surface area contributed by atoms with Gasteiger partial charge in [-0.1, -0.05) is 24.6 Å². The van der Waals surface area contributed by atoms with Crippen molar-refractivity contribution >= 4 is 6.08 Å².